The van der Waals surface area contributed by atoms with Gasteiger partial charge >= 0.3 is 0 Å². The van der Waals surface area contributed by atoms with Crippen LogP contribution in [0.1, 0.15) is 24.4 Å². The van der Waals surface area contributed by atoms with Crippen molar-refractivity contribution >= 4 is 23.2 Å². The lowest BCUT2D eigenvalue weighted by atomic mass is 10.1. The summed E-state index contributed by atoms with van der Waals surface area (Å²) in [6.07, 6.45) is 1.42. The molecule has 2 heterocycles. The smallest absolute Gasteiger partial charge is 0.291 e. The molecule has 2 aromatic rings. The summed E-state index contributed by atoms with van der Waals surface area (Å²) in [6, 6.07) is 8.34. The second kappa shape index (κ2) is 4.66. The molecular formula is C15H14N2O4. The maximum atomic E-state index is 12.0. The molecule has 3 rings (SSSR count). The third-order valence-electron chi connectivity index (χ3n) is 3.17. The Bertz CT molecular complexity index is 704. The number of ether oxygens (including phenoxy) is 1. The lowest BCUT2D eigenvalue weighted by Gasteiger charge is -2.32. The van der Waals surface area contributed by atoms with Crippen LogP contribution in [0.3, 0.4) is 0 Å². The molecule has 0 aliphatic carbocycles. The monoisotopic (exact) mass is 286 g/mol. The number of benzene rings is 1. The molecule has 0 radical (unpaired) electrons. The number of fused-ring (bicyclic) bond motifs is 1. The summed E-state index contributed by atoms with van der Waals surface area (Å²) in [5.74, 6) is 0.0370. The number of furan rings is 1. The van der Waals surface area contributed by atoms with E-state index in [1.807, 2.05) is 0 Å². The topological polar surface area (TPSA) is 80.6 Å². The van der Waals surface area contributed by atoms with Crippen LogP contribution < -0.4 is 15.4 Å². The number of rotatable bonds is 2. The van der Waals surface area contributed by atoms with E-state index in [0.717, 1.165) is 0 Å². The Morgan fingerprint density at radius 3 is 2.76 bits per heavy atom. The fourth-order valence-corrected chi connectivity index (χ4v) is 2.03. The number of amides is 2. The summed E-state index contributed by atoms with van der Waals surface area (Å²) in [6.45, 7) is 3.36. The van der Waals surface area contributed by atoms with Gasteiger partial charge in [0.1, 0.15) is 11.4 Å². The number of hydrogen-bond acceptors (Lipinski definition) is 4. The average Bonchev–Trinajstić information content (AvgIpc) is 2.94. The van der Waals surface area contributed by atoms with Gasteiger partial charge < -0.3 is 19.8 Å². The molecule has 0 atom stereocenters. The second-order valence-corrected chi connectivity index (χ2v) is 5.18. The zero-order valence-electron chi connectivity index (χ0n) is 11.6. The number of para-hydroxylation sites is 1. The Morgan fingerprint density at radius 2 is 2.05 bits per heavy atom. The van der Waals surface area contributed by atoms with E-state index in [-0.39, 0.29) is 11.7 Å². The first-order valence-electron chi connectivity index (χ1n) is 6.46. The molecule has 1 aromatic heterocycles. The standard InChI is InChI=1S/C15H14N2O4/c1-15(2)14(19)17-12-9(5-3-6-10(12)21-15)16-13(18)11-7-4-8-20-11/h3-8H,1-2H3,(H,16,18)(H,17,19). The summed E-state index contributed by atoms with van der Waals surface area (Å²) < 4.78 is 10.7. The minimum absolute atomic E-state index is 0.191. The van der Waals surface area contributed by atoms with E-state index in [9.17, 15) is 9.59 Å². The Morgan fingerprint density at radius 1 is 1.24 bits per heavy atom. The van der Waals surface area contributed by atoms with Gasteiger partial charge in [0, 0.05) is 0 Å². The Balaban J connectivity index is 1.92. The summed E-state index contributed by atoms with van der Waals surface area (Å²) in [4.78, 5) is 24.0. The third kappa shape index (κ3) is 2.35. The Hall–Kier alpha value is -2.76. The van der Waals surface area contributed by atoms with Crippen LogP contribution in [-0.4, -0.2) is 17.4 Å². The van der Waals surface area contributed by atoms with Gasteiger partial charge in [0.05, 0.1) is 12.0 Å². The molecule has 0 saturated carbocycles. The average molecular weight is 286 g/mol. The highest BCUT2D eigenvalue weighted by molar-refractivity contribution is 6.08. The predicted molar refractivity (Wildman–Crippen MR) is 76.4 cm³/mol. The Labute approximate surface area is 121 Å². The molecule has 0 unspecified atom stereocenters. The van der Waals surface area contributed by atoms with Gasteiger partial charge in [0.2, 0.25) is 0 Å². The quantitative estimate of drug-likeness (QED) is 0.889. The highest BCUT2D eigenvalue weighted by Crippen LogP contribution is 2.39. The van der Waals surface area contributed by atoms with Gasteiger partial charge in [-0.3, -0.25) is 9.59 Å². The lowest BCUT2D eigenvalue weighted by Crippen LogP contribution is -2.45. The molecule has 108 valence electrons. The first-order chi connectivity index (χ1) is 9.97. The maximum absolute atomic E-state index is 12.0. The molecule has 2 amide bonds. The highest BCUT2D eigenvalue weighted by atomic mass is 16.5. The SMILES string of the molecule is CC1(C)Oc2cccc(NC(=O)c3ccco3)c2NC1=O. The van der Waals surface area contributed by atoms with E-state index in [1.165, 1.54) is 6.26 Å². The minimum Gasteiger partial charge on any atom is -0.476 e. The molecule has 1 aromatic carbocycles. The van der Waals surface area contributed by atoms with Crippen LogP contribution in [0.5, 0.6) is 5.75 Å². The van der Waals surface area contributed by atoms with E-state index in [1.54, 1.807) is 44.2 Å². The third-order valence-corrected chi connectivity index (χ3v) is 3.17. The number of hydrogen-bond donors (Lipinski definition) is 2. The van der Waals surface area contributed by atoms with E-state index in [2.05, 4.69) is 10.6 Å². The summed E-state index contributed by atoms with van der Waals surface area (Å²) in [5.41, 5.74) is -0.0455. The van der Waals surface area contributed by atoms with Crippen molar-refractivity contribution in [1.82, 2.24) is 0 Å². The van der Waals surface area contributed by atoms with Crippen molar-refractivity contribution in [2.45, 2.75) is 19.4 Å². The first kappa shape index (κ1) is 13.2. The van der Waals surface area contributed by atoms with Crippen LogP contribution >= 0.6 is 0 Å². The molecule has 1 aliphatic rings. The van der Waals surface area contributed by atoms with Crippen LogP contribution in [0, 0.1) is 0 Å². The van der Waals surface area contributed by atoms with Crippen LogP contribution in [0.15, 0.2) is 41.0 Å². The van der Waals surface area contributed by atoms with Gasteiger partial charge in [-0.2, -0.15) is 0 Å². The van der Waals surface area contributed by atoms with Gasteiger partial charge in [0.25, 0.3) is 11.8 Å². The Kier molecular flexibility index (Phi) is 2.94. The largest absolute Gasteiger partial charge is 0.476 e. The normalized spacial score (nSPS) is 15.6. The van der Waals surface area contributed by atoms with Crippen LogP contribution in [-0.2, 0) is 4.79 Å². The summed E-state index contributed by atoms with van der Waals surface area (Å²) in [5, 5.41) is 5.45. The van der Waals surface area contributed by atoms with Crippen molar-refractivity contribution in [3.8, 4) is 5.75 Å². The van der Waals surface area contributed by atoms with Gasteiger partial charge in [-0.15, -0.1) is 0 Å². The van der Waals surface area contributed by atoms with E-state index >= 15 is 0 Å². The number of nitrogens with one attached hydrogen (secondary N) is 2. The highest BCUT2D eigenvalue weighted by Gasteiger charge is 2.36. The molecule has 0 fully saturated rings. The molecule has 1 aliphatic heterocycles. The van der Waals surface area contributed by atoms with Crippen LogP contribution in [0.25, 0.3) is 0 Å². The van der Waals surface area contributed by atoms with E-state index in [4.69, 9.17) is 9.15 Å². The molecule has 6 heteroatoms. The molecule has 6 nitrogen and oxygen atoms in total. The zero-order valence-corrected chi connectivity index (χ0v) is 11.6. The van der Waals surface area contributed by atoms with E-state index < -0.39 is 11.5 Å². The molecular weight excluding hydrogens is 272 g/mol. The van der Waals surface area contributed by atoms with E-state index in [0.29, 0.717) is 17.1 Å². The van der Waals surface area contributed by atoms with Crippen LogP contribution in [0.2, 0.25) is 0 Å². The van der Waals surface area contributed by atoms with Crippen molar-refractivity contribution in [3.63, 3.8) is 0 Å². The molecule has 0 saturated heterocycles. The first-order valence-corrected chi connectivity index (χ1v) is 6.46. The van der Waals surface area contributed by atoms with Crippen LogP contribution in [0.4, 0.5) is 11.4 Å². The second-order valence-electron chi connectivity index (χ2n) is 5.18. The number of carbonyl (C=O) groups excluding carboxylic acids is 2. The van der Waals surface area contributed by atoms with Gasteiger partial charge in [0.15, 0.2) is 11.4 Å². The van der Waals surface area contributed by atoms with Gasteiger partial charge in [-0.1, -0.05) is 6.07 Å². The molecule has 0 bridgehead atoms. The lowest BCUT2D eigenvalue weighted by molar-refractivity contribution is -0.129. The molecule has 2 N–H and O–H groups in total. The number of carbonyl (C=O) groups is 2. The maximum Gasteiger partial charge on any atom is 0.291 e. The minimum atomic E-state index is -0.948. The van der Waals surface area contributed by atoms with Crippen molar-refractivity contribution in [1.29, 1.82) is 0 Å². The zero-order chi connectivity index (χ0) is 15.0. The van der Waals surface area contributed by atoms with Gasteiger partial charge in [-0.05, 0) is 38.1 Å². The number of anilines is 2. The molecule has 21 heavy (non-hydrogen) atoms. The predicted octanol–water partition coefficient (Wildman–Crippen LogP) is 2.64. The van der Waals surface area contributed by atoms with Gasteiger partial charge in [-0.25, -0.2) is 0 Å². The summed E-state index contributed by atoms with van der Waals surface area (Å²) in [7, 11) is 0. The fourth-order valence-electron chi connectivity index (χ4n) is 2.03. The fraction of sp³-hybridized carbons (Fsp3) is 0.200. The van der Waals surface area contributed by atoms with Crippen molar-refractivity contribution in [2.75, 3.05) is 10.6 Å². The summed E-state index contributed by atoms with van der Waals surface area (Å²) >= 11 is 0. The van der Waals surface area contributed by atoms with Crippen molar-refractivity contribution in [2.24, 2.45) is 0 Å². The van der Waals surface area contributed by atoms with Crippen molar-refractivity contribution in [3.05, 3.63) is 42.4 Å². The molecule has 0 spiro atoms. The van der Waals surface area contributed by atoms with Crippen molar-refractivity contribution < 1.29 is 18.7 Å².